The van der Waals surface area contributed by atoms with Crippen LogP contribution in [0.3, 0.4) is 0 Å². The molecule has 2 aromatic rings. The summed E-state index contributed by atoms with van der Waals surface area (Å²) in [4.78, 5) is 23.4. The molecule has 1 atom stereocenters. The number of ketones is 1. The van der Waals surface area contributed by atoms with Crippen molar-refractivity contribution in [2.75, 3.05) is 5.32 Å². The molecular formula is C17H17NO3. The minimum atomic E-state index is -0.660. The number of carbonyl (C=O) groups is 2. The first-order valence-corrected chi connectivity index (χ1v) is 6.70. The van der Waals surface area contributed by atoms with Crippen LogP contribution in [0.5, 0.6) is 5.75 Å². The SMILES string of the molecule is CC(=O)c1cccc(OC(C)C(=O)Nc2ccccc2)c1. The van der Waals surface area contributed by atoms with Crippen molar-refractivity contribution < 1.29 is 14.3 Å². The normalized spacial score (nSPS) is 11.5. The minimum Gasteiger partial charge on any atom is -0.481 e. The zero-order valence-corrected chi connectivity index (χ0v) is 12.0. The molecule has 0 saturated heterocycles. The molecule has 2 aromatic carbocycles. The van der Waals surface area contributed by atoms with Gasteiger partial charge in [0.25, 0.3) is 5.91 Å². The third kappa shape index (κ3) is 4.18. The number of para-hydroxylation sites is 1. The maximum atomic E-state index is 12.0. The molecule has 2 rings (SSSR count). The van der Waals surface area contributed by atoms with Gasteiger partial charge < -0.3 is 10.1 Å². The Balaban J connectivity index is 2.00. The number of ether oxygens (including phenoxy) is 1. The molecule has 1 N–H and O–H groups in total. The highest BCUT2D eigenvalue weighted by molar-refractivity contribution is 5.95. The van der Waals surface area contributed by atoms with Gasteiger partial charge in [-0.3, -0.25) is 9.59 Å². The molecule has 108 valence electrons. The Labute approximate surface area is 123 Å². The predicted molar refractivity (Wildman–Crippen MR) is 81.6 cm³/mol. The topological polar surface area (TPSA) is 55.4 Å². The molecule has 21 heavy (non-hydrogen) atoms. The van der Waals surface area contributed by atoms with Crippen LogP contribution in [-0.2, 0) is 4.79 Å². The number of anilines is 1. The molecule has 0 spiro atoms. The van der Waals surface area contributed by atoms with Gasteiger partial charge in [-0.2, -0.15) is 0 Å². The first-order chi connectivity index (χ1) is 10.1. The second kappa shape index (κ2) is 6.70. The van der Waals surface area contributed by atoms with Gasteiger partial charge in [0.1, 0.15) is 5.75 Å². The number of benzene rings is 2. The van der Waals surface area contributed by atoms with E-state index in [1.807, 2.05) is 18.2 Å². The smallest absolute Gasteiger partial charge is 0.265 e. The van der Waals surface area contributed by atoms with Gasteiger partial charge in [0, 0.05) is 11.3 Å². The molecule has 0 radical (unpaired) electrons. The van der Waals surface area contributed by atoms with Crippen LogP contribution in [0.4, 0.5) is 5.69 Å². The molecule has 0 saturated carbocycles. The van der Waals surface area contributed by atoms with Crippen LogP contribution < -0.4 is 10.1 Å². The third-order valence-electron chi connectivity index (χ3n) is 2.96. The first kappa shape index (κ1) is 14.8. The van der Waals surface area contributed by atoms with Gasteiger partial charge in [-0.1, -0.05) is 30.3 Å². The number of hydrogen-bond acceptors (Lipinski definition) is 3. The zero-order valence-electron chi connectivity index (χ0n) is 12.0. The number of hydrogen-bond donors (Lipinski definition) is 1. The molecule has 0 aliphatic rings. The lowest BCUT2D eigenvalue weighted by atomic mass is 10.1. The summed E-state index contributed by atoms with van der Waals surface area (Å²) in [5.41, 5.74) is 1.28. The maximum absolute atomic E-state index is 12.0. The van der Waals surface area contributed by atoms with E-state index in [1.165, 1.54) is 6.92 Å². The lowest BCUT2D eigenvalue weighted by molar-refractivity contribution is -0.122. The lowest BCUT2D eigenvalue weighted by Crippen LogP contribution is -2.30. The van der Waals surface area contributed by atoms with Gasteiger partial charge in [-0.25, -0.2) is 0 Å². The number of nitrogens with one attached hydrogen (secondary N) is 1. The Morgan fingerprint density at radius 1 is 1.05 bits per heavy atom. The van der Waals surface area contributed by atoms with Crippen LogP contribution >= 0.6 is 0 Å². The second-order valence-corrected chi connectivity index (χ2v) is 4.70. The predicted octanol–water partition coefficient (Wildman–Crippen LogP) is 3.30. The van der Waals surface area contributed by atoms with E-state index in [0.29, 0.717) is 11.3 Å². The van der Waals surface area contributed by atoms with Crippen LogP contribution in [0.25, 0.3) is 0 Å². The average Bonchev–Trinajstić information content (AvgIpc) is 2.48. The van der Waals surface area contributed by atoms with E-state index < -0.39 is 6.10 Å². The van der Waals surface area contributed by atoms with Crippen molar-refractivity contribution in [2.45, 2.75) is 20.0 Å². The summed E-state index contributed by atoms with van der Waals surface area (Å²) in [6, 6.07) is 16.0. The molecule has 4 heteroatoms. The molecule has 0 aromatic heterocycles. The van der Waals surface area contributed by atoms with Crippen LogP contribution in [0.15, 0.2) is 54.6 Å². The van der Waals surface area contributed by atoms with Gasteiger partial charge in [0.05, 0.1) is 0 Å². The summed E-state index contributed by atoms with van der Waals surface area (Å²) in [6.07, 6.45) is -0.660. The molecule has 0 heterocycles. The minimum absolute atomic E-state index is 0.0400. The highest BCUT2D eigenvalue weighted by Crippen LogP contribution is 2.16. The highest BCUT2D eigenvalue weighted by atomic mass is 16.5. The molecule has 4 nitrogen and oxygen atoms in total. The summed E-state index contributed by atoms with van der Waals surface area (Å²) in [6.45, 7) is 3.16. The number of Topliss-reactive ketones (excluding diaryl/α,β-unsaturated/α-hetero) is 1. The Morgan fingerprint density at radius 3 is 2.43 bits per heavy atom. The second-order valence-electron chi connectivity index (χ2n) is 4.70. The monoisotopic (exact) mass is 283 g/mol. The molecule has 0 aliphatic heterocycles. The highest BCUT2D eigenvalue weighted by Gasteiger charge is 2.15. The number of amides is 1. The fourth-order valence-electron chi connectivity index (χ4n) is 1.81. The van der Waals surface area contributed by atoms with E-state index in [0.717, 1.165) is 5.69 Å². The Hall–Kier alpha value is -2.62. The molecule has 1 unspecified atom stereocenters. The standard InChI is InChI=1S/C17H17NO3/c1-12(19)14-7-6-10-16(11-14)21-13(2)17(20)18-15-8-4-3-5-9-15/h3-11,13H,1-2H3,(H,18,20). The Kier molecular flexibility index (Phi) is 4.72. The van der Waals surface area contributed by atoms with Gasteiger partial charge >= 0.3 is 0 Å². The van der Waals surface area contributed by atoms with Crippen molar-refractivity contribution in [1.29, 1.82) is 0 Å². The van der Waals surface area contributed by atoms with E-state index in [9.17, 15) is 9.59 Å². The number of rotatable bonds is 5. The molecule has 0 fully saturated rings. The summed E-state index contributed by atoms with van der Waals surface area (Å²) in [7, 11) is 0. The Bertz CT molecular complexity index is 637. The van der Waals surface area contributed by atoms with Crippen molar-refractivity contribution in [1.82, 2.24) is 0 Å². The van der Waals surface area contributed by atoms with E-state index in [2.05, 4.69) is 5.32 Å². The molecular weight excluding hydrogens is 266 g/mol. The van der Waals surface area contributed by atoms with Gasteiger partial charge in [0.15, 0.2) is 11.9 Å². The van der Waals surface area contributed by atoms with Gasteiger partial charge in [0.2, 0.25) is 0 Å². The third-order valence-corrected chi connectivity index (χ3v) is 2.96. The van der Waals surface area contributed by atoms with Crippen molar-refractivity contribution in [3.63, 3.8) is 0 Å². The quantitative estimate of drug-likeness (QED) is 0.857. The van der Waals surface area contributed by atoms with Crippen molar-refractivity contribution >= 4 is 17.4 Å². The Morgan fingerprint density at radius 2 is 1.76 bits per heavy atom. The fourth-order valence-corrected chi connectivity index (χ4v) is 1.81. The molecule has 1 amide bonds. The van der Waals surface area contributed by atoms with E-state index in [4.69, 9.17) is 4.74 Å². The molecule has 0 bridgehead atoms. The largest absolute Gasteiger partial charge is 0.481 e. The first-order valence-electron chi connectivity index (χ1n) is 6.70. The van der Waals surface area contributed by atoms with Crippen molar-refractivity contribution in [3.05, 3.63) is 60.2 Å². The summed E-state index contributed by atoms with van der Waals surface area (Å²) >= 11 is 0. The lowest BCUT2D eigenvalue weighted by Gasteiger charge is -2.15. The van der Waals surface area contributed by atoms with E-state index in [-0.39, 0.29) is 11.7 Å². The van der Waals surface area contributed by atoms with Crippen LogP contribution in [0, 0.1) is 0 Å². The molecule has 0 aliphatic carbocycles. The van der Waals surface area contributed by atoms with E-state index in [1.54, 1.807) is 43.3 Å². The summed E-state index contributed by atoms with van der Waals surface area (Å²) < 4.78 is 5.57. The van der Waals surface area contributed by atoms with Crippen LogP contribution in [0.2, 0.25) is 0 Å². The summed E-state index contributed by atoms with van der Waals surface area (Å²) in [5.74, 6) is 0.217. The van der Waals surface area contributed by atoms with Gasteiger partial charge in [-0.05, 0) is 38.1 Å². The van der Waals surface area contributed by atoms with Crippen molar-refractivity contribution in [3.8, 4) is 5.75 Å². The van der Waals surface area contributed by atoms with E-state index >= 15 is 0 Å². The average molecular weight is 283 g/mol. The fraction of sp³-hybridized carbons (Fsp3) is 0.176. The van der Waals surface area contributed by atoms with Crippen LogP contribution in [0.1, 0.15) is 24.2 Å². The van der Waals surface area contributed by atoms with Crippen LogP contribution in [-0.4, -0.2) is 17.8 Å². The van der Waals surface area contributed by atoms with Gasteiger partial charge in [-0.15, -0.1) is 0 Å². The summed E-state index contributed by atoms with van der Waals surface area (Å²) in [5, 5.41) is 2.77. The number of carbonyl (C=O) groups excluding carboxylic acids is 2. The maximum Gasteiger partial charge on any atom is 0.265 e. The zero-order chi connectivity index (χ0) is 15.2. The van der Waals surface area contributed by atoms with Crippen molar-refractivity contribution in [2.24, 2.45) is 0 Å².